The van der Waals surface area contributed by atoms with E-state index in [1.165, 1.54) is 5.56 Å². The van der Waals surface area contributed by atoms with Crippen LogP contribution < -0.4 is 4.90 Å². The zero-order valence-electron chi connectivity index (χ0n) is 21.8. The van der Waals surface area contributed by atoms with E-state index in [0.29, 0.717) is 26.3 Å². The van der Waals surface area contributed by atoms with Crippen LogP contribution in [0.2, 0.25) is 5.02 Å². The Morgan fingerprint density at radius 3 is 2.61 bits per heavy atom. The molecule has 200 valence electrons. The third-order valence-electron chi connectivity index (χ3n) is 6.87. The summed E-state index contributed by atoms with van der Waals surface area (Å²) < 4.78 is 19.6. The Morgan fingerprint density at radius 1 is 1.05 bits per heavy atom. The van der Waals surface area contributed by atoms with Crippen LogP contribution in [-0.2, 0) is 17.8 Å². The van der Waals surface area contributed by atoms with Gasteiger partial charge in [0.15, 0.2) is 11.6 Å². The van der Waals surface area contributed by atoms with Gasteiger partial charge in [-0.1, -0.05) is 17.7 Å². The van der Waals surface area contributed by atoms with Gasteiger partial charge in [-0.15, -0.1) is 5.11 Å². The Kier molecular flexibility index (Phi) is 8.53. The minimum absolute atomic E-state index is 0.110. The highest BCUT2D eigenvalue weighted by Gasteiger charge is 2.18. The Hall–Kier alpha value is -3.05. The average Bonchev–Trinajstić information content (AvgIpc) is 2.91. The zero-order valence-corrected chi connectivity index (χ0v) is 22.5. The van der Waals surface area contributed by atoms with E-state index in [1.807, 2.05) is 17.0 Å². The maximum absolute atomic E-state index is 14.3. The second-order valence-corrected chi connectivity index (χ2v) is 10.1. The number of halogens is 2. The van der Waals surface area contributed by atoms with Crippen LogP contribution in [0.1, 0.15) is 16.8 Å². The van der Waals surface area contributed by atoms with E-state index in [-0.39, 0.29) is 18.3 Å². The molecule has 0 atom stereocenters. The minimum Gasteiger partial charge on any atom is -0.378 e. The fourth-order valence-electron chi connectivity index (χ4n) is 4.82. The van der Waals surface area contributed by atoms with Crippen LogP contribution in [0.4, 0.5) is 16.2 Å². The van der Waals surface area contributed by atoms with Crippen molar-refractivity contribution in [1.82, 2.24) is 24.8 Å². The van der Waals surface area contributed by atoms with Gasteiger partial charge in [0, 0.05) is 62.6 Å². The lowest BCUT2D eigenvalue weighted by Crippen LogP contribution is -2.43. The first-order valence-electron chi connectivity index (χ1n) is 12.8. The quantitative estimate of drug-likeness (QED) is 0.409. The van der Waals surface area contributed by atoms with Crippen molar-refractivity contribution in [2.75, 3.05) is 64.4 Å². The van der Waals surface area contributed by atoms with E-state index in [9.17, 15) is 4.39 Å². The first-order chi connectivity index (χ1) is 18.5. The van der Waals surface area contributed by atoms with Crippen molar-refractivity contribution in [3.63, 3.8) is 0 Å². The summed E-state index contributed by atoms with van der Waals surface area (Å²) in [6.07, 6.45) is 2.88. The lowest BCUT2D eigenvalue weighted by molar-refractivity contribution is 0.122. The summed E-state index contributed by atoms with van der Waals surface area (Å²) in [7, 11) is 2.16. The number of anilines is 1. The summed E-state index contributed by atoms with van der Waals surface area (Å²) >= 11 is 6.79. The first-order valence-corrected chi connectivity index (χ1v) is 13.2. The number of aryl methyl sites for hydroxylation is 1. The van der Waals surface area contributed by atoms with Gasteiger partial charge in [0.1, 0.15) is 6.54 Å². The van der Waals surface area contributed by atoms with Crippen LogP contribution in [0.25, 0.3) is 11.1 Å². The maximum Gasteiger partial charge on any atom is 0.270 e. The summed E-state index contributed by atoms with van der Waals surface area (Å²) in [6, 6.07) is 8.21. The van der Waals surface area contributed by atoms with Crippen LogP contribution in [0.15, 0.2) is 46.9 Å². The smallest absolute Gasteiger partial charge is 0.270 e. The molecule has 4 heterocycles. The Bertz CT molecular complexity index is 1270. The number of rotatable bonds is 7. The van der Waals surface area contributed by atoms with Gasteiger partial charge in [-0.05, 0) is 48.9 Å². The van der Waals surface area contributed by atoms with Crippen molar-refractivity contribution in [1.29, 1.82) is 0 Å². The van der Waals surface area contributed by atoms with Crippen LogP contribution >= 0.6 is 11.6 Å². The summed E-state index contributed by atoms with van der Waals surface area (Å²) in [5, 5.41) is 9.06. The van der Waals surface area contributed by atoms with Crippen molar-refractivity contribution in [3.8, 4) is 11.1 Å². The van der Waals surface area contributed by atoms with Crippen molar-refractivity contribution in [2.24, 2.45) is 10.2 Å². The van der Waals surface area contributed by atoms with E-state index in [1.54, 1.807) is 6.20 Å². The highest BCUT2D eigenvalue weighted by Crippen LogP contribution is 2.33. The molecule has 0 unspecified atom stereocenters. The second-order valence-electron chi connectivity index (χ2n) is 9.73. The molecule has 0 radical (unpaired) electrons. The molecule has 2 aromatic heterocycles. The van der Waals surface area contributed by atoms with E-state index in [0.717, 1.165) is 66.3 Å². The molecular weight excluding hydrogens is 507 g/mol. The number of azo groups is 1. The van der Waals surface area contributed by atoms with Gasteiger partial charge in [-0.2, -0.15) is 10.1 Å². The molecule has 0 N–H and O–H groups in total. The predicted molar refractivity (Wildman–Crippen MR) is 145 cm³/mol. The second kappa shape index (κ2) is 12.2. The Balaban J connectivity index is 1.27. The van der Waals surface area contributed by atoms with Crippen molar-refractivity contribution in [2.45, 2.75) is 20.0 Å². The summed E-state index contributed by atoms with van der Waals surface area (Å²) in [5.41, 5.74) is 5.05. The molecule has 2 aliphatic rings. The minimum atomic E-state index is -0.484. The topological polar surface area (TPSA) is 82.3 Å². The van der Waals surface area contributed by atoms with Gasteiger partial charge in [-0.3, -0.25) is 9.88 Å². The number of nitrogens with zero attached hydrogens (tertiary/aromatic N) is 8. The van der Waals surface area contributed by atoms with Gasteiger partial charge in [0.2, 0.25) is 0 Å². The van der Waals surface area contributed by atoms with Gasteiger partial charge < -0.3 is 14.5 Å². The zero-order chi connectivity index (χ0) is 26.5. The number of aromatic nitrogens is 3. The van der Waals surface area contributed by atoms with Crippen LogP contribution in [0.5, 0.6) is 0 Å². The number of likely N-dealkylation sites (N-methyl/N-ethyl adjacent to an activating group) is 1. The van der Waals surface area contributed by atoms with Crippen molar-refractivity contribution in [3.05, 3.63) is 64.3 Å². The van der Waals surface area contributed by atoms with Gasteiger partial charge in [-0.25, -0.2) is 9.37 Å². The Morgan fingerprint density at radius 2 is 1.84 bits per heavy atom. The van der Waals surface area contributed by atoms with Crippen molar-refractivity contribution < 1.29 is 9.13 Å². The van der Waals surface area contributed by atoms with Gasteiger partial charge in [0.05, 0.1) is 25.1 Å². The molecule has 0 aliphatic carbocycles. The molecule has 2 saturated heterocycles. The molecule has 3 aromatic rings. The number of ether oxygens (including phenoxy) is 1. The average molecular weight is 539 g/mol. The molecule has 9 nitrogen and oxygen atoms in total. The number of morpholine rings is 1. The molecule has 2 fully saturated rings. The third-order valence-corrected chi connectivity index (χ3v) is 7.17. The number of piperazine rings is 1. The number of hydrogen-bond donors (Lipinski definition) is 0. The predicted octanol–water partition coefficient (Wildman–Crippen LogP) is 4.51. The standard InChI is InChI=1S/C27H32ClFN8O/c1-19-13-20(18-36-7-5-35(2)6-8-36)14-23(28)25(19)21-3-4-30-22(15-21)16-32-34-27-31-17-24(29)26(33-27)37-9-11-38-12-10-37/h3-4,13-15,17H,5-12,16,18H2,1-2H3. The molecule has 0 amide bonds. The highest BCUT2D eigenvalue weighted by atomic mass is 35.5. The van der Waals surface area contributed by atoms with E-state index in [4.69, 9.17) is 16.3 Å². The lowest BCUT2D eigenvalue weighted by atomic mass is 9.98. The normalized spacial score (nSPS) is 17.4. The molecular formula is C27H32ClFN8O. The lowest BCUT2D eigenvalue weighted by Gasteiger charge is -2.32. The molecule has 0 spiro atoms. The van der Waals surface area contributed by atoms with Crippen LogP contribution in [0, 0.1) is 12.7 Å². The molecule has 5 rings (SSSR count). The number of benzene rings is 1. The molecule has 11 heteroatoms. The molecule has 2 aliphatic heterocycles. The van der Waals surface area contributed by atoms with E-state index < -0.39 is 5.82 Å². The van der Waals surface area contributed by atoms with Crippen LogP contribution in [0.3, 0.4) is 0 Å². The van der Waals surface area contributed by atoms with Gasteiger partial charge in [0.25, 0.3) is 5.95 Å². The Labute approximate surface area is 227 Å². The van der Waals surface area contributed by atoms with Crippen LogP contribution in [-0.4, -0.2) is 84.3 Å². The van der Waals surface area contributed by atoms with Gasteiger partial charge >= 0.3 is 0 Å². The largest absolute Gasteiger partial charge is 0.378 e. The molecule has 0 saturated carbocycles. The summed E-state index contributed by atoms with van der Waals surface area (Å²) in [4.78, 5) is 19.3. The number of pyridine rings is 1. The van der Waals surface area contributed by atoms with Crippen molar-refractivity contribution >= 4 is 23.4 Å². The highest BCUT2D eigenvalue weighted by molar-refractivity contribution is 6.33. The SMILES string of the molecule is Cc1cc(CN2CCN(C)CC2)cc(Cl)c1-c1ccnc(CN=Nc2ncc(F)c(N3CCOCC3)n2)c1. The third kappa shape index (κ3) is 6.50. The van der Waals surface area contributed by atoms with E-state index >= 15 is 0 Å². The molecule has 0 bridgehead atoms. The monoisotopic (exact) mass is 538 g/mol. The summed E-state index contributed by atoms with van der Waals surface area (Å²) in [5.74, 6) is -0.153. The molecule has 1 aromatic carbocycles. The maximum atomic E-state index is 14.3. The summed E-state index contributed by atoms with van der Waals surface area (Å²) in [6.45, 7) is 9.73. The fourth-order valence-corrected chi connectivity index (χ4v) is 5.22. The fraction of sp³-hybridized carbons (Fsp3) is 0.444. The number of hydrogen-bond acceptors (Lipinski definition) is 9. The molecule has 38 heavy (non-hydrogen) atoms. The first kappa shape index (κ1) is 26.6. The van der Waals surface area contributed by atoms with E-state index in [2.05, 4.69) is 61.1 Å².